The highest BCUT2D eigenvalue weighted by Crippen LogP contribution is 2.32. The van der Waals surface area contributed by atoms with Gasteiger partial charge in [0.05, 0.1) is 13.2 Å². The Bertz CT molecular complexity index is 275. The van der Waals surface area contributed by atoms with Crippen molar-refractivity contribution in [3.05, 3.63) is 29.8 Å². The summed E-state index contributed by atoms with van der Waals surface area (Å²) >= 11 is 0. The van der Waals surface area contributed by atoms with E-state index in [0.29, 0.717) is 0 Å². The SMILES string of the molecule is OCc1ccc(OCCC2CC2)cc1. The molecule has 0 aromatic heterocycles. The highest BCUT2D eigenvalue weighted by atomic mass is 16.5. The first kappa shape index (κ1) is 9.53. The van der Waals surface area contributed by atoms with Gasteiger partial charge in [0.2, 0.25) is 0 Å². The van der Waals surface area contributed by atoms with Crippen molar-refractivity contribution in [3.63, 3.8) is 0 Å². The number of hydrogen-bond donors (Lipinski definition) is 1. The number of aliphatic hydroxyl groups is 1. The van der Waals surface area contributed by atoms with Crippen LogP contribution in [0.5, 0.6) is 5.75 Å². The number of ether oxygens (including phenoxy) is 1. The lowest BCUT2D eigenvalue weighted by Gasteiger charge is -2.05. The molecule has 0 saturated heterocycles. The zero-order valence-electron chi connectivity index (χ0n) is 8.28. The molecular formula is C12H16O2. The van der Waals surface area contributed by atoms with Crippen LogP contribution in [0.1, 0.15) is 24.8 Å². The summed E-state index contributed by atoms with van der Waals surface area (Å²) in [5, 5.41) is 8.84. The summed E-state index contributed by atoms with van der Waals surface area (Å²) in [7, 11) is 0. The zero-order chi connectivity index (χ0) is 9.80. The summed E-state index contributed by atoms with van der Waals surface area (Å²) in [6.45, 7) is 0.922. The predicted molar refractivity (Wildman–Crippen MR) is 55.2 cm³/mol. The summed E-state index contributed by atoms with van der Waals surface area (Å²) in [6.07, 6.45) is 3.95. The van der Waals surface area contributed by atoms with Gasteiger partial charge >= 0.3 is 0 Å². The molecule has 1 aromatic carbocycles. The molecule has 1 saturated carbocycles. The fraction of sp³-hybridized carbons (Fsp3) is 0.500. The van der Waals surface area contributed by atoms with Crippen LogP contribution in [0.15, 0.2) is 24.3 Å². The van der Waals surface area contributed by atoms with Crippen LogP contribution in [0.4, 0.5) is 0 Å². The van der Waals surface area contributed by atoms with E-state index >= 15 is 0 Å². The third-order valence-corrected chi connectivity index (χ3v) is 2.60. The van der Waals surface area contributed by atoms with Gasteiger partial charge in [0.15, 0.2) is 0 Å². The van der Waals surface area contributed by atoms with E-state index in [4.69, 9.17) is 9.84 Å². The number of rotatable bonds is 5. The molecule has 2 rings (SSSR count). The van der Waals surface area contributed by atoms with Gasteiger partial charge in [0.1, 0.15) is 5.75 Å². The van der Waals surface area contributed by atoms with Crippen LogP contribution in [0.3, 0.4) is 0 Å². The molecule has 0 bridgehead atoms. The van der Waals surface area contributed by atoms with Gasteiger partial charge in [0.25, 0.3) is 0 Å². The molecule has 1 aromatic rings. The topological polar surface area (TPSA) is 29.5 Å². The molecule has 1 fully saturated rings. The Morgan fingerprint density at radius 1 is 1.21 bits per heavy atom. The van der Waals surface area contributed by atoms with Crippen molar-refractivity contribution in [1.29, 1.82) is 0 Å². The van der Waals surface area contributed by atoms with Crippen LogP contribution in [0, 0.1) is 5.92 Å². The molecular weight excluding hydrogens is 176 g/mol. The van der Waals surface area contributed by atoms with Crippen LogP contribution in [0.2, 0.25) is 0 Å². The summed E-state index contributed by atoms with van der Waals surface area (Å²) in [6, 6.07) is 7.62. The lowest BCUT2D eigenvalue weighted by atomic mass is 10.2. The van der Waals surface area contributed by atoms with E-state index in [-0.39, 0.29) is 6.61 Å². The van der Waals surface area contributed by atoms with Crippen LogP contribution >= 0.6 is 0 Å². The molecule has 0 heterocycles. The van der Waals surface area contributed by atoms with Gasteiger partial charge in [-0.25, -0.2) is 0 Å². The van der Waals surface area contributed by atoms with Gasteiger partial charge in [-0.15, -0.1) is 0 Å². The van der Waals surface area contributed by atoms with Gasteiger partial charge in [0, 0.05) is 0 Å². The highest BCUT2D eigenvalue weighted by molar-refractivity contribution is 5.26. The fourth-order valence-electron chi connectivity index (χ4n) is 1.44. The molecule has 0 amide bonds. The minimum atomic E-state index is 0.0996. The van der Waals surface area contributed by atoms with E-state index in [0.717, 1.165) is 23.8 Å². The van der Waals surface area contributed by atoms with Gasteiger partial charge < -0.3 is 9.84 Å². The molecule has 2 nitrogen and oxygen atoms in total. The largest absolute Gasteiger partial charge is 0.494 e. The normalized spacial score (nSPS) is 15.5. The standard InChI is InChI=1S/C12H16O2/c13-9-11-3-5-12(6-4-11)14-8-7-10-1-2-10/h3-6,10,13H,1-2,7-9H2. The van der Waals surface area contributed by atoms with Crippen molar-refractivity contribution in [2.75, 3.05) is 6.61 Å². The van der Waals surface area contributed by atoms with Crippen molar-refractivity contribution in [2.45, 2.75) is 25.9 Å². The molecule has 1 N–H and O–H groups in total. The lowest BCUT2D eigenvalue weighted by Crippen LogP contribution is -1.98. The molecule has 0 atom stereocenters. The average Bonchev–Trinajstić information content (AvgIpc) is 3.03. The Labute approximate surface area is 84.5 Å². The first-order chi connectivity index (χ1) is 6.88. The number of aliphatic hydroxyl groups excluding tert-OH is 1. The Balaban J connectivity index is 1.77. The van der Waals surface area contributed by atoms with E-state index in [2.05, 4.69) is 0 Å². The second kappa shape index (κ2) is 4.47. The molecule has 0 aliphatic heterocycles. The predicted octanol–water partition coefficient (Wildman–Crippen LogP) is 2.36. The quantitative estimate of drug-likeness (QED) is 0.776. The van der Waals surface area contributed by atoms with Crippen LogP contribution in [0.25, 0.3) is 0 Å². The van der Waals surface area contributed by atoms with E-state index in [1.165, 1.54) is 19.3 Å². The number of benzene rings is 1. The van der Waals surface area contributed by atoms with Crippen molar-refractivity contribution < 1.29 is 9.84 Å². The molecule has 0 spiro atoms. The maximum atomic E-state index is 8.84. The Morgan fingerprint density at radius 2 is 1.93 bits per heavy atom. The molecule has 1 aliphatic rings. The third-order valence-electron chi connectivity index (χ3n) is 2.60. The summed E-state index contributed by atoms with van der Waals surface area (Å²) < 4.78 is 5.57. The van der Waals surface area contributed by atoms with E-state index in [1.807, 2.05) is 24.3 Å². The summed E-state index contributed by atoms with van der Waals surface area (Å²) in [5.74, 6) is 1.83. The smallest absolute Gasteiger partial charge is 0.119 e. The molecule has 2 heteroatoms. The number of hydrogen-bond acceptors (Lipinski definition) is 2. The van der Waals surface area contributed by atoms with E-state index < -0.39 is 0 Å². The first-order valence-corrected chi connectivity index (χ1v) is 5.21. The van der Waals surface area contributed by atoms with E-state index in [1.54, 1.807) is 0 Å². The maximum Gasteiger partial charge on any atom is 0.119 e. The third kappa shape index (κ3) is 2.74. The van der Waals surface area contributed by atoms with Crippen LogP contribution in [-0.2, 0) is 6.61 Å². The van der Waals surface area contributed by atoms with Gasteiger partial charge in [-0.2, -0.15) is 0 Å². The summed E-state index contributed by atoms with van der Waals surface area (Å²) in [4.78, 5) is 0. The second-order valence-corrected chi connectivity index (χ2v) is 3.88. The molecule has 1 aliphatic carbocycles. The molecule has 76 valence electrons. The van der Waals surface area contributed by atoms with Crippen LogP contribution in [-0.4, -0.2) is 11.7 Å². The second-order valence-electron chi connectivity index (χ2n) is 3.88. The monoisotopic (exact) mass is 192 g/mol. The Kier molecular flexibility index (Phi) is 3.04. The van der Waals surface area contributed by atoms with Crippen molar-refractivity contribution in [1.82, 2.24) is 0 Å². The van der Waals surface area contributed by atoms with Crippen molar-refractivity contribution in [3.8, 4) is 5.75 Å². The fourth-order valence-corrected chi connectivity index (χ4v) is 1.44. The van der Waals surface area contributed by atoms with Crippen molar-refractivity contribution in [2.24, 2.45) is 5.92 Å². The van der Waals surface area contributed by atoms with Crippen LogP contribution < -0.4 is 4.74 Å². The first-order valence-electron chi connectivity index (χ1n) is 5.21. The molecule has 0 radical (unpaired) electrons. The lowest BCUT2D eigenvalue weighted by molar-refractivity contribution is 0.280. The van der Waals surface area contributed by atoms with E-state index in [9.17, 15) is 0 Å². The maximum absolute atomic E-state index is 8.84. The zero-order valence-corrected chi connectivity index (χ0v) is 8.28. The average molecular weight is 192 g/mol. The van der Waals surface area contributed by atoms with Gasteiger partial charge in [-0.1, -0.05) is 25.0 Å². The molecule has 14 heavy (non-hydrogen) atoms. The highest BCUT2D eigenvalue weighted by Gasteiger charge is 2.20. The minimum Gasteiger partial charge on any atom is -0.494 e. The minimum absolute atomic E-state index is 0.0996. The van der Waals surface area contributed by atoms with Gasteiger partial charge in [-0.3, -0.25) is 0 Å². The Hall–Kier alpha value is -1.02. The van der Waals surface area contributed by atoms with Crippen molar-refractivity contribution >= 4 is 0 Å². The van der Waals surface area contributed by atoms with Gasteiger partial charge in [-0.05, 0) is 30.0 Å². The summed E-state index contributed by atoms with van der Waals surface area (Å²) in [5.41, 5.74) is 0.930. The Morgan fingerprint density at radius 3 is 2.50 bits per heavy atom. The molecule has 0 unspecified atom stereocenters.